The highest BCUT2D eigenvalue weighted by molar-refractivity contribution is 7.99. The summed E-state index contributed by atoms with van der Waals surface area (Å²) < 4.78 is 13.6. The zero-order valence-corrected chi connectivity index (χ0v) is 11.7. The van der Waals surface area contributed by atoms with Crippen molar-refractivity contribution in [2.24, 2.45) is 0 Å². The number of thioether (sulfide) groups is 1. The zero-order chi connectivity index (χ0) is 13.7. The van der Waals surface area contributed by atoms with Crippen molar-refractivity contribution in [2.75, 3.05) is 12.9 Å². The van der Waals surface area contributed by atoms with Gasteiger partial charge in [0.1, 0.15) is 0 Å². The van der Waals surface area contributed by atoms with E-state index in [9.17, 15) is 9.18 Å². The third-order valence-corrected chi connectivity index (χ3v) is 4.05. The molecule has 0 saturated carbocycles. The molecule has 0 spiro atoms. The van der Waals surface area contributed by atoms with E-state index >= 15 is 0 Å². The molecule has 18 heavy (non-hydrogen) atoms. The van der Waals surface area contributed by atoms with Gasteiger partial charge >= 0.3 is 0 Å². The first-order chi connectivity index (χ1) is 8.51. The van der Waals surface area contributed by atoms with Gasteiger partial charge in [-0.15, -0.1) is 0 Å². The topological polar surface area (TPSA) is 49.3 Å². The fourth-order valence-corrected chi connectivity index (χ4v) is 2.29. The lowest BCUT2D eigenvalue weighted by Crippen LogP contribution is -2.41. The van der Waals surface area contributed by atoms with Crippen molar-refractivity contribution < 1.29 is 14.3 Å². The van der Waals surface area contributed by atoms with Crippen molar-refractivity contribution in [3.63, 3.8) is 0 Å². The van der Waals surface area contributed by atoms with Crippen LogP contribution in [-0.4, -0.2) is 35.2 Å². The number of rotatable bonds is 5. The molecule has 1 aromatic rings. The van der Waals surface area contributed by atoms with Crippen molar-refractivity contribution in [3.8, 4) is 0 Å². The lowest BCUT2D eigenvalue weighted by Gasteiger charge is -2.21. The summed E-state index contributed by atoms with van der Waals surface area (Å²) in [6.07, 6.45) is 1.84. The second kappa shape index (κ2) is 6.97. The number of carbonyl (C=O) groups is 1. The van der Waals surface area contributed by atoms with E-state index in [1.807, 2.05) is 6.26 Å². The van der Waals surface area contributed by atoms with E-state index in [0.29, 0.717) is 0 Å². The van der Waals surface area contributed by atoms with Crippen LogP contribution in [0.1, 0.15) is 17.3 Å². The molecule has 0 bridgehead atoms. The van der Waals surface area contributed by atoms with Crippen LogP contribution in [0.15, 0.2) is 18.2 Å². The Balaban J connectivity index is 2.79. The Morgan fingerprint density at radius 1 is 1.61 bits per heavy atom. The smallest absolute Gasteiger partial charge is 0.254 e. The van der Waals surface area contributed by atoms with E-state index in [2.05, 4.69) is 5.32 Å². The lowest BCUT2D eigenvalue weighted by molar-refractivity contribution is 0.0932. The minimum absolute atomic E-state index is 0.0549. The molecule has 0 fully saturated rings. The third-order valence-electron chi connectivity index (χ3n) is 2.60. The Hall–Kier alpha value is -0.780. The van der Waals surface area contributed by atoms with Crippen LogP contribution in [0, 0.1) is 5.82 Å². The number of amides is 1. The first kappa shape index (κ1) is 15.3. The van der Waals surface area contributed by atoms with Gasteiger partial charge in [0.05, 0.1) is 17.2 Å². The molecule has 0 radical (unpaired) electrons. The van der Waals surface area contributed by atoms with Crippen LogP contribution in [0.25, 0.3) is 0 Å². The van der Waals surface area contributed by atoms with Gasteiger partial charge in [0, 0.05) is 11.3 Å². The fraction of sp³-hybridized carbons (Fsp3) is 0.417. The predicted octanol–water partition coefficient (Wildman–Crippen LogP) is 2.32. The highest BCUT2D eigenvalue weighted by Crippen LogP contribution is 2.18. The molecule has 2 atom stereocenters. The minimum Gasteiger partial charge on any atom is -0.395 e. The van der Waals surface area contributed by atoms with Gasteiger partial charge in [0.15, 0.2) is 5.82 Å². The molecule has 3 nitrogen and oxygen atoms in total. The minimum atomic E-state index is -0.728. The first-order valence-corrected chi connectivity index (χ1v) is 7.06. The predicted molar refractivity (Wildman–Crippen MR) is 72.7 cm³/mol. The largest absolute Gasteiger partial charge is 0.395 e. The summed E-state index contributed by atoms with van der Waals surface area (Å²) in [5.41, 5.74) is -0.0906. The molecule has 0 aliphatic rings. The van der Waals surface area contributed by atoms with Crippen LogP contribution in [0.3, 0.4) is 0 Å². The van der Waals surface area contributed by atoms with Gasteiger partial charge in [-0.25, -0.2) is 4.39 Å². The van der Waals surface area contributed by atoms with Gasteiger partial charge < -0.3 is 10.4 Å². The summed E-state index contributed by atoms with van der Waals surface area (Å²) in [5, 5.41) is 11.5. The van der Waals surface area contributed by atoms with E-state index in [0.717, 1.165) is 0 Å². The van der Waals surface area contributed by atoms with Crippen molar-refractivity contribution in [3.05, 3.63) is 34.6 Å². The van der Waals surface area contributed by atoms with E-state index < -0.39 is 11.7 Å². The van der Waals surface area contributed by atoms with Gasteiger partial charge in [-0.05, 0) is 25.3 Å². The molecule has 0 aliphatic carbocycles. The second-order valence-corrected chi connectivity index (χ2v) is 5.30. The highest BCUT2D eigenvalue weighted by Gasteiger charge is 2.20. The van der Waals surface area contributed by atoms with Crippen LogP contribution in [0.2, 0.25) is 5.02 Å². The number of aliphatic hydroxyl groups is 1. The molecule has 1 rings (SSSR count). The molecular weight excluding hydrogens is 277 g/mol. The molecule has 1 aromatic carbocycles. The highest BCUT2D eigenvalue weighted by atomic mass is 35.5. The Bertz CT molecular complexity index is 427. The molecule has 0 aromatic heterocycles. The first-order valence-electron chi connectivity index (χ1n) is 5.39. The maximum atomic E-state index is 13.6. The molecule has 0 saturated heterocycles. The molecule has 6 heteroatoms. The summed E-state index contributed by atoms with van der Waals surface area (Å²) in [7, 11) is 0. The van der Waals surface area contributed by atoms with Crippen molar-refractivity contribution >= 4 is 29.3 Å². The Kier molecular flexibility index (Phi) is 5.91. The van der Waals surface area contributed by atoms with Crippen LogP contribution < -0.4 is 5.32 Å². The number of aliphatic hydroxyl groups excluding tert-OH is 1. The number of benzene rings is 1. The Morgan fingerprint density at radius 2 is 2.28 bits per heavy atom. The number of halogens is 2. The SMILES string of the molecule is CSC(CO)C(C)NC(=O)c1cccc(Cl)c1F. The van der Waals surface area contributed by atoms with Gasteiger partial charge in [-0.2, -0.15) is 11.8 Å². The average molecular weight is 292 g/mol. The standard InChI is InChI=1S/C12H15ClFNO2S/c1-7(10(6-16)18-2)15-12(17)8-4-3-5-9(13)11(8)14/h3-5,7,10,16H,6H2,1-2H3,(H,15,17). The normalized spacial score (nSPS) is 14.1. The summed E-state index contributed by atoms with van der Waals surface area (Å²) in [6, 6.07) is 4.01. The molecular formula is C12H15ClFNO2S. The van der Waals surface area contributed by atoms with Gasteiger partial charge in [0.25, 0.3) is 5.91 Å². The molecule has 1 amide bonds. The molecule has 2 unspecified atom stereocenters. The molecule has 0 aliphatic heterocycles. The van der Waals surface area contributed by atoms with E-state index in [1.165, 1.54) is 30.0 Å². The summed E-state index contributed by atoms with van der Waals surface area (Å²) in [4.78, 5) is 11.9. The van der Waals surface area contributed by atoms with Crippen molar-refractivity contribution in [1.82, 2.24) is 5.32 Å². The van der Waals surface area contributed by atoms with Crippen LogP contribution in [0.5, 0.6) is 0 Å². The third kappa shape index (κ3) is 3.60. The summed E-state index contributed by atoms with van der Waals surface area (Å²) >= 11 is 7.05. The van der Waals surface area contributed by atoms with Crippen LogP contribution >= 0.6 is 23.4 Å². The monoisotopic (exact) mass is 291 g/mol. The summed E-state index contributed by atoms with van der Waals surface area (Å²) in [5.74, 6) is -1.26. The van der Waals surface area contributed by atoms with Crippen molar-refractivity contribution in [1.29, 1.82) is 0 Å². The molecule has 100 valence electrons. The van der Waals surface area contributed by atoms with Crippen molar-refractivity contribution in [2.45, 2.75) is 18.2 Å². The average Bonchev–Trinajstić information content (AvgIpc) is 2.34. The molecule has 2 N–H and O–H groups in total. The lowest BCUT2D eigenvalue weighted by atomic mass is 10.1. The Morgan fingerprint density at radius 3 is 2.83 bits per heavy atom. The van der Waals surface area contributed by atoms with Gasteiger partial charge in [-0.1, -0.05) is 17.7 Å². The van der Waals surface area contributed by atoms with Crippen LogP contribution in [0.4, 0.5) is 4.39 Å². The Labute approximate surface area is 115 Å². The number of carbonyl (C=O) groups excluding carboxylic acids is 1. The number of hydrogen-bond acceptors (Lipinski definition) is 3. The zero-order valence-electron chi connectivity index (χ0n) is 10.1. The number of hydrogen-bond donors (Lipinski definition) is 2. The molecule has 0 heterocycles. The van der Waals surface area contributed by atoms with Gasteiger partial charge in [-0.3, -0.25) is 4.79 Å². The fourth-order valence-electron chi connectivity index (χ4n) is 1.49. The van der Waals surface area contributed by atoms with Crippen LogP contribution in [-0.2, 0) is 0 Å². The van der Waals surface area contributed by atoms with Gasteiger partial charge in [0.2, 0.25) is 0 Å². The second-order valence-electron chi connectivity index (χ2n) is 3.82. The van der Waals surface area contributed by atoms with E-state index in [-0.39, 0.29) is 28.5 Å². The quantitative estimate of drug-likeness (QED) is 0.875. The number of nitrogens with one attached hydrogen (secondary N) is 1. The maximum Gasteiger partial charge on any atom is 0.254 e. The maximum absolute atomic E-state index is 13.6. The van der Waals surface area contributed by atoms with E-state index in [1.54, 1.807) is 6.92 Å². The summed E-state index contributed by atoms with van der Waals surface area (Å²) in [6.45, 7) is 1.71. The van der Waals surface area contributed by atoms with E-state index in [4.69, 9.17) is 16.7 Å².